The fraction of sp³-hybridized carbons (Fsp3) is 0.389. The maximum Gasteiger partial charge on any atom is 0.407 e. The molecule has 0 aliphatic rings. The van der Waals surface area contributed by atoms with Crippen LogP contribution >= 0.6 is 0 Å². The molecule has 0 bridgehead atoms. The van der Waals surface area contributed by atoms with Gasteiger partial charge in [0.2, 0.25) is 0 Å². The second kappa shape index (κ2) is 10.3. The highest BCUT2D eigenvalue weighted by Gasteiger charge is 2.16. The second-order valence-electron chi connectivity index (χ2n) is 5.16. The van der Waals surface area contributed by atoms with E-state index in [1.54, 1.807) is 13.2 Å². The van der Waals surface area contributed by atoms with Crippen molar-refractivity contribution >= 4 is 6.09 Å². The first-order valence-corrected chi connectivity index (χ1v) is 7.61. The number of aliphatic hydroxyl groups excluding tert-OH is 1. The maximum atomic E-state index is 11.6. The van der Waals surface area contributed by atoms with Gasteiger partial charge in [-0.1, -0.05) is 31.4 Å². The molecule has 1 atom stereocenters. The fourth-order valence-corrected chi connectivity index (χ4v) is 2.24. The second-order valence-corrected chi connectivity index (χ2v) is 5.16. The zero-order valence-corrected chi connectivity index (χ0v) is 14.2. The molecule has 6 heteroatoms. The first-order valence-electron chi connectivity index (χ1n) is 7.61. The number of nitrogens with one attached hydrogen (secondary N) is 1. The highest BCUT2D eigenvalue weighted by molar-refractivity contribution is 5.67. The summed E-state index contributed by atoms with van der Waals surface area (Å²) < 4.78 is 15.8. The summed E-state index contributed by atoms with van der Waals surface area (Å²) in [6.45, 7) is 9.27. The van der Waals surface area contributed by atoms with Crippen molar-refractivity contribution in [3.8, 4) is 11.5 Å². The van der Waals surface area contributed by atoms with E-state index in [9.17, 15) is 9.90 Å². The zero-order valence-electron chi connectivity index (χ0n) is 14.2. The number of hydrogen-bond donors (Lipinski definition) is 2. The summed E-state index contributed by atoms with van der Waals surface area (Å²) in [7, 11) is 1.58. The fourth-order valence-electron chi connectivity index (χ4n) is 2.24. The van der Waals surface area contributed by atoms with Crippen molar-refractivity contribution < 1.29 is 24.1 Å². The number of hydrogen-bond acceptors (Lipinski definition) is 5. The third-order valence-corrected chi connectivity index (χ3v) is 3.22. The van der Waals surface area contributed by atoms with Crippen LogP contribution in [0.3, 0.4) is 0 Å². The van der Waals surface area contributed by atoms with E-state index in [2.05, 4.69) is 18.5 Å². The molecule has 0 unspecified atom stereocenters. The van der Waals surface area contributed by atoms with Gasteiger partial charge >= 0.3 is 6.09 Å². The number of aryl methyl sites for hydroxylation is 1. The molecule has 1 rings (SSSR count). The largest absolute Gasteiger partial charge is 0.493 e. The summed E-state index contributed by atoms with van der Waals surface area (Å²) in [5.41, 5.74) is 1.80. The lowest BCUT2D eigenvalue weighted by molar-refractivity contribution is 0.146. The lowest BCUT2D eigenvalue weighted by Crippen LogP contribution is -2.39. The summed E-state index contributed by atoms with van der Waals surface area (Å²) in [4.78, 5) is 11.6. The van der Waals surface area contributed by atoms with Crippen LogP contribution in [0.1, 0.15) is 11.1 Å². The van der Waals surface area contributed by atoms with Crippen LogP contribution in [-0.4, -0.2) is 44.2 Å². The predicted molar refractivity (Wildman–Crippen MR) is 92.7 cm³/mol. The Balaban J connectivity index is 2.87. The van der Waals surface area contributed by atoms with Crippen molar-refractivity contribution in [3.63, 3.8) is 0 Å². The minimum Gasteiger partial charge on any atom is -0.493 e. The molecule has 0 heterocycles. The Morgan fingerprint density at radius 2 is 2.04 bits per heavy atom. The van der Waals surface area contributed by atoms with Gasteiger partial charge in [0.15, 0.2) is 11.5 Å². The van der Waals surface area contributed by atoms with Crippen LogP contribution in [0.25, 0.3) is 0 Å². The number of ether oxygens (including phenoxy) is 3. The van der Waals surface area contributed by atoms with Gasteiger partial charge in [0.25, 0.3) is 0 Å². The van der Waals surface area contributed by atoms with E-state index in [4.69, 9.17) is 14.2 Å². The summed E-state index contributed by atoms with van der Waals surface area (Å²) in [5, 5.41) is 12.1. The first kappa shape index (κ1) is 19.6. The van der Waals surface area contributed by atoms with Crippen LogP contribution in [0.15, 0.2) is 37.4 Å². The molecular weight excluding hydrogens is 310 g/mol. The molecule has 1 aromatic carbocycles. The number of methoxy groups -OCH3 is 1. The molecular formula is C18H25NO5. The van der Waals surface area contributed by atoms with Gasteiger partial charge in [-0.05, 0) is 30.5 Å². The Hall–Kier alpha value is -2.47. The highest BCUT2D eigenvalue weighted by atomic mass is 16.5. The van der Waals surface area contributed by atoms with Gasteiger partial charge in [-0.3, -0.25) is 0 Å². The van der Waals surface area contributed by atoms with E-state index in [1.807, 2.05) is 19.1 Å². The van der Waals surface area contributed by atoms with Crippen molar-refractivity contribution in [2.45, 2.75) is 19.4 Å². The topological polar surface area (TPSA) is 77.0 Å². The van der Waals surface area contributed by atoms with Gasteiger partial charge < -0.3 is 24.6 Å². The quantitative estimate of drug-likeness (QED) is 0.642. The predicted octanol–water partition coefficient (Wildman–Crippen LogP) is 2.38. The molecule has 24 heavy (non-hydrogen) atoms. The lowest BCUT2D eigenvalue weighted by atomic mass is 10.0. The summed E-state index contributed by atoms with van der Waals surface area (Å²) in [6.07, 6.45) is 2.95. The third kappa shape index (κ3) is 5.96. The van der Waals surface area contributed by atoms with Gasteiger partial charge in [-0.15, -0.1) is 0 Å². The number of rotatable bonds is 10. The molecule has 6 nitrogen and oxygen atoms in total. The van der Waals surface area contributed by atoms with Crippen LogP contribution in [0.5, 0.6) is 11.5 Å². The first-order chi connectivity index (χ1) is 11.5. The number of carbonyl (C=O) groups is 1. The maximum absolute atomic E-state index is 11.6. The minimum absolute atomic E-state index is 0.116. The van der Waals surface area contributed by atoms with Gasteiger partial charge in [0.05, 0.1) is 19.8 Å². The summed E-state index contributed by atoms with van der Waals surface area (Å²) >= 11 is 0. The molecule has 0 aliphatic heterocycles. The van der Waals surface area contributed by atoms with Crippen molar-refractivity contribution in [3.05, 3.63) is 48.6 Å². The SMILES string of the molecule is C=CCOC(=O)N[C@H](CO)Cc1cc(C)c(OC)c(OCC=C)c1. The number of benzene rings is 1. The normalized spacial score (nSPS) is 11.3. The molecule has 0 saturated carbocycles. The van der Waals surface area contributed by atoms with Crippen LogP contribution in [0.4, 0.5) is 4.79 Å². The van der Waals surface area contributed by atoms with Crippen LogP contribution in [-0.2, 0) is 11.2 Å². The zero-order chi connectivity index (χ0) is 17.9. The minimum atomic E-state index is -0.595. The summed E-state index contributed by atoms with van der Waals surface area (Å²) in [5.74, 6) is 1.25. The standard InChI is InChI=1S/C18H25NO5/c1-5-7-23-16-11-14(9-13(3)17(16)22-4)10-15(12-20)19-18(21)24-8-6-2/h5-6,9,11,15,20H,1-2,7-8,10,12H2,3-4H3,(H,19,21)/t15-/m0/s1. The van der Waals surface area contributed by atoms with E-state index in [-0.39, 0.29) is 13.2 Å². The van der Waals surface area contributed by atoms with E-state index in [1.165, 1.54) is 6.08 Å². The van der Waals surface area contributed by atoms with Gasteiger partial charge in [-0.25, -0.2) is 4.79 Å². The van der Waals surface area contributed by atoms with Crippen molar-refractivity contribution in [2.75, 3.05) is 26.9 Å². The molecule has 0 aliphatic carbocycles. The number of aliphatic hydroxyl groups is 1. The number of alkyl carbamates (subject to hydrolysis) is 1. The average molecular weight is 335 g/mol. The highest BCUT2D eigenvalue weighted by Crippen LogP contribution is 2.32. The van der Waals surface area contributed by atoms with Crippen LogP contribution in [0.2, 0.25) is 0 Å². The van der Waals surface area contributed by atoms with Crippen LogP contribution in [0, 0.1) is 6.92 Å². The molecule has 0 fully saturated rings. The monoisotopic (exact) mass is 335 g/mol. The molecule has 0 spiro atoms. The van der Waals surface area contributed by atoms with E-state index in [0.717, 1.165) is 11.1 Å². The van der Waals surface area contributed by atoms with Crippen molar-refractivity contribution in [1.82, 2.24) is 5.32 Å². The molecule has 1 aromatic rings. The molecule has 132 valence electrons. The molecule has 0 radical (unpaired) electrons. The Morgan fingerprint density at radius 1 is 1.33 bits per heavy atom. The summed E-state index contributed by atoms with van der Waals surface area (Å²) in [6, 6.07) is 3.29. The Morgan fingerprint density at radius 3 is 2.62 bits per heavy atom. The average Bonchev–Trinajstić information content (AvgIpc) is 2.57. The van der Waals surface area contributed by atoms with Gasteiger partial charge in [0.1, 0.15) is 13.2 Å². The lowest BCUT2D eigenvalue weighted by Gasteiger charge is -2.18. The van der Waals surface area contributed by atoms with Gasteiger partial charge in [-0.2, -0.15) is 0 Å². The van der Waals surface area contributed by atoms with E-state index < -0.39 is 12.1 Å². The number of amides is 1. The molecule has 1 amide bonds. The Kier molecular flexibility index (Phi) is 8.43. The van der Waals surface area contributed by atoms with E-state index >= 15 is 0 Å². The van der Waals surface area contributed by atoms with Crippen molar-refractivity contribution in [2.24, 2.45) is 0 Å². The van der Waals surface area contributed by atoms with Crippen LogP contribution < -0.4 is 14.8 Å². The number of carbonyl (C=O) groups excluding carboxylic acids is 1. The van der Waals surface area contributed by atoms with E-state index in [0.29, 0.717) is 24.5 Å². The Labute approximate surface area is 142 Å². The molecule has 0 aromatic heterocycles. The molecule has 2 N–H and O–H groups in total. The Bertz CT molecular complexity index is 571. The third-order valence-electron chi connectivity index (χ3n) is 3.22. The van der Waals surface area contributed by atoms with Crippen molar-refractivity contribution in [1.29, 1.82) is 0 Å². The smallest absolute Gasteiger partial charge is 0.407 e. The van der Waals surface area contributed by atoms with Gasteiger partial charge in [0, 0.05) is 0 Å². The molecule has 0 saturated heterocycles.